The van der Waals surface area contributed by atoms with Crippen molar-refractivity contribution in [2.45, 2.75) is 12.8 Å². The van der Waals surface area contributed by atoms with Gasteiger partial charge in [-0.2, -0.15) is 0 Å². The minimum absolute atomic E-state index is 0.482. The summed E-state index contributed by atoms with van der Waals surface area (Å²) in [5.74, 6) is -1.29. The zero-order valence-corrected chi connectivity index (χ0v) is 11.0. The molecule has 0 aliphatic rings. The van der Waals surface area contributed by atoms with Crippen molar-refractivity contribution in [3.63, 3.8) is 0 Å². The highest BCUT2D eigenvalue weighted by Crippen LogP contribution is 2.26. The molecule has 0 saturated heterocycles. The van der Waals surface area contributed by atoms with E-state index in [1.54, 1.807) is 24.5 Å². The van der Waals surface area contributed by atoms with Crippen molar-refractivity contribution < 1.29 is 9.90 Å². The lowest BCUT2D eigenvalue weighted by Gasteiger charge is -2.16. The molecule has 2 rings (SSSR count). The first-order valence-electron chi connectivity index (χ1n) is 5.55. The van der Waals surface area contributed by atoms with Crippen LogP contribution in [0.3, 0.4) is 0 Å². The Morgan fingerprint density at radius 3 is 2.56 bits per heavy atom. The second-order valence-electron chi connectivity index (χ2n) is 4.03. The van der Waals surface area contributed by atoms with Crippen LogP contribution in [-0.4, -0.2) is 23.1 Å². The van der Waals surface area contributed by atoms with E-state index in [0.29, 0.717) is 0 Å². The smallest absolute Gasteiger partial charge is 0.310 e. The number of carboxylic acids is 1. The van der Waals surface area contributed by atoms with Gasteiger partial charge in [0.25, 0.3) is 0 Å². The van der Waals surface area contributed by atoms with Gasteiger partial charge in [-0.1, -0.05) is 12.1 Å². The second-order valence-corrected chi connectivity index (χ2v) is 4.90. The van der Waals surface area contributed by atoms with Crippen LogP contribution in [0.4, 0.5) is 10.8 Å². The van der Waals surface area contributed by atoms with Gasteiger partial charge in [-0.15, -0.1) is 11.3 Å². The first-order valence-corrected chi connectivity index (χ1v) is 6.43. The largest absolute Gasteiger partial charge is 0.481 e. The molecule has 5 heteroatoms. The number of thiazole rings is 1. The molecule has 1 aromatic carbocycles. The molecule has 0 saturated carbocycles. The maximum atomic E-state index is 10.9. The van der Waals surface area contributed by atoms with Crippen LogP contribution in [0.5, 0.6) is 0 Å². The number of hydrogen-bond donors (Lipinski definition) is 1. The summed E-state index contributed by atoms with van der Waals surface area (Å²) in [6.45, 7) is 1.68. The van der Waals surface area contributed by atoms with Crippen LogP contribution in [-0.2, 0) is 4.79 Å². The molecule has 94 valence electrons. The molecule has 0 amide bonds. The van der Waals surface area contributed by atoms with E-state index in [1.807, 2.05) is 41.6 Å². The second kappa shape index (κ2) is 5.18. The molecule has 2 aromatic rings. The van der Waals surface area contributed by atoms with E-state index in [-0.39, 0.29) is 0 Å². The molecule has 0 spiro atoms. The Kier molecular flexibility index (Phi) is 3.62. The van der Waals surface area contributed by atoms with E-state index in [4.69, 9.17) is 5.11 Å². The summed E-state index contributed by atoms with van der Waals surface area (Å²) in [5.41, 5.74) is 1.80. The lowest BCUT2D eigenvalue weighted by Crippen LogP contribution is -2.10. The third kappa shape index (κ3) is 2.51. The van der Waals surface area contributed by atoms with Crippen molar-refractivity contribution in [2.24, 2.45) is 0 Å². The average molecular weight is 262 g/mol. The quantitative estimate of drug-likeness (QED) is 0.920. The highest BCUT2D eigenvalue weighted by atomic mass is 32.1. The van der Waals surface area contributed by atoms with Crippen LogP contribution in [0.1, 0.15) is 18.4 Å². The number of rotatable bonds is 4. The van der Waals surface area contributed by atoms with E-state index < -0.39 is 11.9 Å². The molecule has 0 radical (unpaired) electrons. The van der Waals surface area contributed by atoms with Crippen molar-refractivity contribution in [3.8, 4) is 0 Å². The van der Waals surface area contributed by atoms with Crippen LogP contribution in [0.25, 0.3) is 0 Å². The summed E-state index contributed by atoms with van der Waals surface area (Å²) in [6.07, 6.45) is 1.76. The lowest BCUT2D eigenvalue weighted by molar-refractivity contribution is -0.138. The Hall–Kier alpha value is -1.88. The average Bonchev–Trinajstić information content (AvgIpc) is 2.91. The van der Waals surface area contributed by atoms with E-state index in [1.165, 1.54) is 0 Å². The Balaban J connectivity index is 2.20. The fraction of sp³-hybridized carbons (Fsp3) is 0.231. The van der Waals surface area contributed by atoms with E-state index in [0.717, 1.165) is 16.4 Å². The fourth-order valence-electron chi connectivity index (χ4n) is 1.62. The van der Waals surface area contributed by atoms with Gasteiger partial charge in [-0.3, -0.25) is 4.79 Å². The molecular weight excluding hydrogens is 248 g/mol. The number of nitrogens with zero attached hydrogens (tertiary/aromatic N) is 2. The van der Waals surface area contributed by atoms with Gasteiger partial charge in [0.15, 0.2) is 5.13 Å². The van der Waals surface area contributed by atoms with E-state index >= 15 is 0 Å². The van der Waals surface area contributed by atoms with Gasteiger partial charge in [0, 0.05) is 24.3 Å². The highest BCUT2D eigenvalue weighted by Gasteiger charge is 2.14. The van der Waals surface area contributed by atoms with Gasteiger partial charge in [0.1, 0.15) is 0 Å². The maximum Gasteiger partial charge on any atom is 0.310 e. The molecule has 1 heterocycles. The highest BCUT2D eigenvalue weighted by molar-refractivity contribution is 7.13. The maximum absolute atomic E-state index is 10.9. The number of carbonyl (C=O) groups is 1. The number of aromatic nitrogens is 1. The topological polar surface area (TPSA) is 53.4 Å². The lowest BCUT2D eigenvalue weighted by atomic mass is 10.0. The molecule has 1 unspecified atom stereocenters. The zero-order valence-electron chi connectivity index (χ0n) is 10.2. The minimum Gasteiger partial charge on any atom is -0.481 e. The number of aliphatic carboxylic acids is 1. The van der Waals surface area contributed by atoms with Crippen LogP contribution in [0.2, 0.25) is 0 Å². The van der Waals surface area contributed by atoms with Gasteiger partial charge in [-0.05, 0) is 24.6 Å². The summed E-state index contributed by atoms with van der Waals surface area (Å²) in [6, 6.07) is 7.52. The third-order valence-electron chi connectivity index (χ3n) is 2.86. The molecule has 0 fully saturated rings. The molecule has 0 aliphatic heterocycles. The molecule has 4 nitrogen and oxygen atoms in total. The zero-order chi connectivity index (χ0) is 13.1. The monoisotopic (exact) mass is 262 g/mol. The molecule has 0 aliphatic carbocycles. The summed E-state index contributed by atoms with van der Waals surface area (Å²) in [5, 5.41) is 11.8. The van der Waals surface area contributed by atoms with Crippen molar-refractivity contribution in [1.29, 1.82) is 0 Å². The standard InChI is InChI=1S/C13H14N2O2S/c1-9(12(16)17)10-3-5-11(6-4-10)15(2)13-14-7-8-18-13/h3-9H,1-2H3,(H,16,17). The van der Waals surface area contributed by atoms with E-state index in [2.05, 4.69) is 4.98 Å². The van der Waals surface area contributed by atoms with Gasteiger partial charge < -0.3 is 10.0 Å². The Morgan fingerprint density at radius 1 is 1.39 bits per heavy atom. The predicted molar refractivity (Wildman–Crippen MR) is 72.7 cm³/mol. The van der Waals surface area contributed by atoms with Gasteiger partial charge in [0.05, 0.1) is 5.92 Å². The Labute approximate surface area is 110 Å². The SMILES string of the molecule is CC(C(=O)O)c1ccc(N(C)c2nccs2)cc1. The van der Waals surface area contributed by atoms with E-state index in [9.17, 15) is 4.79 Å². The van der Waals surface area contributed by atoms with Crippen LogP contribution < -0.4 is 4.90 Å². The molecule has 1 atom stereocenters. The van der Waals surface area contributed by atoms with Crippen LogP contribution in [0, 0.1) is 0 Å². The van der Waals surface area contributed by atoms with Crippen LogP contribution in [0.15, 0.2) is 35.8 Å². The summed E-state index contributed by atoms with van der Waals surface area (Å²) < 4.78 is 0. The van der Waals surface area contributed by atoms with Crippen molar-refractivity contribution in [2.75, 3.05) is 11.9 Å². The Morgan fingerprint density at radius 2 is 2.06 bits per heavy atom. The van der Waals surface area contributed by atoms with Gasteiger partial charge in [0.2, 0.25) is 0 Å². The summed E-state index contributed by atoms with van der Waals surface area (Å²) in [7, 11) is 1.94. The number of hydrogen-bond acceptors (Lipinski definition) is 4. The summed E-state index contributed by atoms with van der Waals surface area (Å²) >= 11 is 1.56. The molecule has 0 bridgehead atoms. The van der Waals surface area contributed by atoms with Crippen molar-refractivity contribution in [1.82, 2.24) is 4.98 Å². The Bertz CT molecular complexity index is 522. The number of benzene rings is 1. The summed E-state index contributed by atoms with van der Waals surface area (Å²) in [4.78, 5) is 17.1. The number of carboxylic acid groups (broad SMARTS) is 1. The first kappa shape index (κ1) is 12.6. The van der Waals surface area contributed by atoms with Crippen LogP contribution >= 0.6 is 11.3 Å². The fourth-order valence-corrected chi connectivity index (χ4v) is 2.25. The normalized spacial score (nSPS) is 12.1. The molecule has 18 heavy (non-hydrogen) atoms. The predicted octanol–water partition coefficient (Wildman–Crippen LogP) is 3.10. The van der Waals surface area contributed by atoms with Crippen molar-refractivity contribution >= 4 is 28.1 Å². The molecule has 1 aromatic heterocycles. The first-order chi connectivity index (χ1) is 8.59. The van der Waals surface area contributed by atoms with Crippen molar-refractivity contribution in [3.05, 3.63) is 41.4 Å². The molecular formula is C13H14N2O2S. The van der Waals surface area contributed by atoms with Gasteiger partial charge in [-0.25, -0.2) is 4.98 Å². The third-order valence-corrected chi connectivity index (χ3v) is 3.70. The number of anilines is 2. The van der Waals surface area contributed by atoms with Gasteiger partial charge >= 0.3 is 5.97 Å². The minimum atomic E-state index is -0.809. The molecule has 1 N–H and O–H groups in total.